The van der Waals surface area contributed by atoms with E-state index in [4.69, 9.17) is 4.74 Å². The van der Waals surface area contributed by atoms with Crippen LogP contribution in [-0.4, -0.2) is 11.8 Å². The highest BCUT2D eigenvalue weighted by molar-refractivity contribution is 5.94. The summed E-state index contributed by atoms with van der Waals surface area (Å²) in [5, 5.41) is 0. The van der Waals surface area contributed by atoms with Crippen LogP contribution in [-0.2, 0) is 9.59 Å². The number of ketones is 1. The predicted molar refractivity (Wildman–Crippen MR) is 52.1 cm³/mol. The third kappa shape index (κ3) is 3.39. The molecule has 0 amide bonds. The molecule has 3 nitrogen and oxygen atoms in total. The molecule has 0 aliphatic carbocycles. The number of ether oxygens (including phenoxy) is 1. The summed E-state index contributed by atoms with van der Waals surface area (Å²) < 4.78 is 4.92. The molecule has 0 radical (unpaired) electrons. The lowest BCUT2D eigenvalue weighted by Gasteiger charge is -2.02. The van der Waals surface area contributed by atoms with E-state index in [2.05, 4.69) is 0 Å². The number of Topliss-reactive ketones (excluding diaryl/α,β-unsaturated/α-hetero) is 1. The third-order valence-electron chi connectivity index (χ3n) is 1.65. The van der Waals surface area contributed by atoms with Gasteiger partial charge in [0.25, 0.3) is 0 Å². The summed E-state index contributed by atoms with van der Waals surface area (Å²) in [4.78, 5) is 21.7. The molecule has 0 saturated heterocycles. The number of carbonyl (C=O) groups is 2. The Hall–Kier alpha value is -1.64. The van der Waals surface area contributed by atoms with Crippen molar-refractivity contribution in [2.45, 2.75) is 20.3 Å². The van der Waals surface area contributed by atoms with E-state index in [0.29, 0.717) is 5.75 Å². The maximum Gasteiger partial charge on any atom is 0.318 e. The highest BCUT2D eigenvalue weighted by atomic mass is 16.5. The van der Waals surface area contributed by atoms with Crippen LogP contribution in [0.5, 0.6) is 5.75 Å². The first-order valence-electron chi connectivity index (χ1n) is 4.34. The molecule has 0 atom stereocenters. The van der Waals surface area contributed by atoms with E-state index in [1.165, 1.54) is 6.92 Å². The molecule has 0 spiro atoms. The van der Waals surface area contributed by atoms with Crippen LogP contribution in [0.1, 0.15) is 18.9 Å². The molecule has 0 unspecified atom stereocenters. The summed E-state index contributed by atoms with van der Waals surface area (Å²) >= 11 is 0. The lowest BCUT2D eigenvalue weighted by molar-refractivity contribution is -0.137. The van der Waals surface area contributed by atoms with Gasteiger partial charge in [-0.1, -0.05) is 17.7 Å². The fourth-order valence-corrected chi connectivity index (χ4v) is 0.977. The highest BCUT2D eigenvalue weighted by Gasteiger charge is 2.07. The average Bonchev–Trinajstić information content (AvgIpc) is 2.07. The van der Waals surface area contributed by atoms with Crippen LogP contribution in [0.4, 0.5) is 0 Å². The number of benzene rings is 1. The minimum absolute atomic E-state index is 0.173. The number of carbonyl (C=O) groups excluding carboxylic acids is 2. The lowest BCUT2D eigenvalue weighted by atomic mass is 10.2. The molecule has 14 heavy (non-hydrogen) atoms. The van der Waals surface area contributed by atoms with Crippen LogP contribution in [0.15, 0.2) is 24.3 Å². The summed E-state index contributed by atoms with van der Waals surface area (Å²) in [7, 11) is 0. The summed E-state index contributed by atoms with van der Waals surface area (Å²) in [5.74, 6) is -0.231. The van der Waals surface area contributed by atoms with E-state index in [1.54, 1.807) is 12.1 Å². The first-order chi connectivity index (χ1) is 6.58. The smallest absolute Gasteiger partial charge is 0.318 e. The SMILES string of the molecule is CC(=O)CC(=O)Oc1ccc(C)cc1. The topological polar surface area (TPSA) is 43.4 Å². The Balaban J connectivity index is 2.56. The van der Waals surface area contributed by atoms with E-state index < -0.39 is 5.97 Å². The van der Waals surface area contributed by atoms with Crippen molar-refractivity contribution in [2.24, 2.45) is 0 Å². The van der Waals surface area contributed by atoms with Crippen LogP contribution in [0.3, 0.4) is 0 Å². The Morgan fingerprint density at radius 2 is 1.79 bits per heavy atom. The monoisotopic (exact) mass is 192 g/mol. The van der Waals surface area contributed by atoms with E-state index in [0.717, 1.165) is 5.56 Å². The average molecular weight is 192 g/mol. The van der Waals surface area contributed by atoms with Gasteiger partial charge in [0.2, 0.25) is 0 Å². The van der Waals surface area contributed by atoms with Crippen molar-refractivity contribution in [1.82, 2.24) is 0 Å². The van der Waals surface area contributed by atoms with E-state index >= 15 is 0 Å². The second-order valence-electron chi connectivity index (χ2n) is 3.17. The Morgan fingerprint density at radius 3 is 2.29 bits per heavy atom. The molecular weight excluding hydrogens is 180 g/mol. The Morgan fingerprint density at radius 1 is 1.21 bits per heavy atom. The minimum atomic E-state index is -0.513. The molecular formula is C11H12O3. The molecule has 0 bridgehead atoms. The summed E-state index contributed by atoms with van der Waals surface area (Å²) in [6.45, 7) is 3.30. The van der Waals surface area contributed by atoms with Gasteiger partial charge in [0.05, 0.1) is 0 Å². The largest absolute Gasteiger partial charge is 0.426 e. The molecule has 1 aromatic rings. The van der Waals surface area contributed by atoms with Gasteiger partial charge in [-0.2, -0.15) is 0 Å². The Labute approximate surface area is 82.7 Å². The number of hydrogen-bond acceptors (Lipinski definition) is 3. The van der Waals surface area contributed by atoms with Gasteiger partial charge in [-0.25, -0.2) is 0 Å². The van der Waals surface area contributed by atoms with Gasteiger partial charge < -0.3 is 4.74 Å². The van der Waals surface area contributed by atoms with E-state index in [1.807, 2.05) is 19.1 Å². The number of esters is 1. The molecule has 0 N–H and O–H groups in total. The van der Waals surface area contributed by atoms with Crippen LogP contribution in [0.25, 0.3) is 0 Å². The van der Waals surface area contributed by atoms with Crippen LogP contribution in [0, 0.1) is 6.92 Å². The standard InChI is InChI=1S/C11H12O3/c1-8-3-5-10(6-4-8)14-11(13)7-9(2)12/h3-6H,7H2,1-2H3. The minimum Gasteiger partial charge on any atom is -0.426 e. The zero-order chi connectivity index (χ0) is 10.6. The highest BCUT2D eigenvalue weighted by Crippen LogP contribution is 2.11. The molecule has 0 aromatic heterocycles. The maximum absolute atomic E-state index is 11.1. The van der Waals surface area contributed by atoms with E-state index in [9.17, 15) is 9.59 Å². The van der Waals surface area contributed by atoms with Gasteiger partial charge in [0.1, 0.15) is 18.0 Å². The van der Waals surface area contributed by atoms with Gasteiger partial charge in [0, 0.05) is 0 Å². The van der Waals surface area contributed by atoms with Gasteiger partial charge in [-0.3, -0.25) is 9.59 Å². The first kappa shape index (κ1) is 10.4. The van der Waals surface area contributed by atoms with E-state index in [-0.39, 0.29) is 12.2 Å². The van der Waals surface area contributed by atoms with Crippen LogP contribution in [0.2, 0.25) is 0 Å². The zero-order valence-corrected chi connectivity index (χ0v) is 8.24. The third-order valence-corrected chi connectivity index (χ3v) is 1.65. The van der Waals surface area contributed by atoms with Crippen molar-refractivity contribution in [3.05, 3.63) is 29.8 Å². The maximum atomic E-state index is 11.1. The molecule has 0 fully saturated rings. The summed E-state index contributed by atoms with van der Waals surface area (Å²) in [6, 6.07) is 7.09. The second kappa shape index (κ2) is 4.56. The van der Waals surface area contributed by atoms with Crippen molar-refractivity contribution >= 4 is 11.8 Å². The molecule has 74 valence electrons. The Kier molecular flexibility index (Phi) is 3.40. The predicted octanol–water partition coefficient (Wildman–Crippen LogP) is 1.88. The number of aryl methyl sites for hydroxylation is 1. The molecule has 3 heteroatoms. The second-order valence-corrected chi connectivity index (χ2v) is 3.17. The molecule has 0 heterocycles. The number of hydrogen-bond donors (Lipinski definition) is 0. The van der Waals surface area contributed by atoms with Crippen LogP contribution >= 0.6 is 0 Å². The first-order valence-corrected chi connectivity index (χ1v) is 4.34. The normalized spacial score (nSPS) is 9.57. The van der Waals surface area contributed by atoms with Crippen molar-refractivity contribution in [1.29, 1.82) is 0 Å². The summed E-state index contributed by atoms with van der Waals surface area (Å²) in [6.07, 6.45) is -0.173. The molecule has 1 rings (SSSR count). The molecule has 0 saturated carbocycles. The lowest BCUT2D eigenvalue weighted by Crippen LogP contribution is -2.11. The van der Waals surface area contributed by atoms with Gasteiger partial charge in [0.15, 0.2) is 0 Å². The fourth-order valence-electron chi connectivity index (χ4n) is 0.977. The van der Waals surface area contributed by atoms with Crippen LogP contribution < -0.4 is 4.74 Å². The van der Waals surface area contributed by atoms with Gasteiger partial charge in [-0.15, -0.1) is 0 Å². The van der Waals surface area contributed by atoms with Crippen molar-refractivity contribution in [2.75, 3.05) is 0 Å². The Bertz CT molecular complexity index is 338. The van der Waals surface area contributed by atoms with Crippen molar-refractivity contribution in [3.63, 3.8) is 0 Å². The summed E-state index contributed by atoms with van der Waals surface area (Å²) in [5.41, 5.74) is 1.09. The number of rotatable bonds is 3. The molecule has 1 aromatic carbocycles. The van der Waals surface area contributed by atoms with Crippen molar-refractivity contribution < 1.29 is 14.3 Å². The molecule has 0 aliphatic rings. The van der Waals surface area contributed by atoms with Crippen molar-refractivity contribution in [3.8, 4) is 5.75 Å². The molecule has 0 aliphatic heterocycles. The quantitative estimate of drug-likeness (QED) is 0.417. The van der Waals surface area contributed by atoms with Gasteiger partial charge >= 0.3 is 5.97 Å². The van der Waals surface area contributed by atoms with Gasteiger partial charge in [-0.05, 0) is 26.0 Å². The fraction of sp³-hybridized carbons (Fsp3) is 0.273. The zero-order valence-electron chi connectivity index (χ0n) is 8.24.